The number of aromatic nitrogens is 2. The highest BCUT2D eigenvalue weighted by Gasteiger charge is 2.25. The summed E-state index contributed by atoms with van der Waals surface area (Å²) in [5, 5.41) is 0. The molecule has 0 unspecified atom stereocenters. The van der Waals surface area contributed by atoms with Gasteiger partial charge in [0.15, 0.2) is 23.3 Å². The fourth-order valence-corrected chi connectivity index (χ4v) is 3.38. The third kappa shape index (κ3) is 3.61. The molecule has 9 heteroatoms. The van der Waals surface area contributed by atoms with Crippen molar-refractivity contribution in [1.82, 2.24) is 14.9 Å². The fourth-order valence-electron chi connectivity index (χ4n) is 3.38. The zero-order chi connectivity index (χ0) is 20.7. The highest BCUT2D eigenvalue weighted by Crippen LogP contribution is 2.24. The summed E-state index contributed by atoms with van der Waals surface area (Å²) in [6, 6.07) is 7.03. The van der Waals surface area contributed by atoms with Crippen molar-refractivity contribution in [2.75, 3.05) is 12.3 Å². The van der Waals surface area contributed by atoms with Gasteiger partial charge in [-0.05, 0) is 24.3 Å². The highest BCUT2D eigenvalue weighted by atomic mass is 19.2. The Bertz CT molecular complexity index is 1120. The Kier molecular flexibility index (Phi) is 4.83. The summed E-state index contributed by atoms with van der Waals surface area (Å²) < 4.78 is 54.8. The Morgan fingerprint density at radius 1 is 1.07 bits per heavy atom. The van der Waals surface area contributed by atoms with Gasteiger partial charge >= 0.3 is 0 Å². The molecule has 0 amide bonds. The average Bonchev–Trinajstić information content (AvgIpc) is 2.70. The lowest BCUT2D eigenvalue weighted by molar-refractivity contribution is 0.232. The third-order valence-corrected chi connectivity index (χ3v) is 4.92. The van der Waals surface area contributed by atoms with Crippen molar-refractivity contribution in [2.45, 2.75) is 19.5 Å². The molecule has 1 aliphatic heterocycles. The molecular formula is C20H16F4N4O. The van der Waals surface area contributed by atoms with Crippen LogP contribution < -0.4 is 11.3 Å². The first-order valence-corrected chi connectivity index (χ1v) is 8.85. The maximum atomic E-state index is 13.9. The van der Waals surface area contributed by atoms with E-state index in [-0.39, 0.29) is 24.7 Å². The second-order valence-corrected chi connectivity index (χ2v) is 6.87. The zero-order valence-electron chi connectivity index (χ0n) is 15.1. The van der Waals surface area contributed by atoms with Crippen molar-refractivity contribution in [3.05, 3.63) is 80.8 Å². The largest absolute Gasteiger partial charge is 0.399 e. The Hall–Kier alpha value is -3.20. The highest BCUT2D eigenvalue weighted by molar-refractivity contribution is 5.58. The first-order chi connectivity index (χ1) is 13.8. The van der Waals surface area contributed by atoms with Crippen LogP contribution >= 0.6 is 0 Å². The Morgan fingerprint density at radius 3 is 2.38 bits per heavy atom. The summed E-state index contributed by atoms with van der Waals surface area (Å²) in [7, 11) is 0. The standard InChI is InChI=1S/C20H16F4N4O/c21-14-7-15(22)18(24)13(17(14)23)9-28-6-5-16-12(8-28)20(29)27-19(26-16)10-1-3-11(25)4-2-10/h1-4,7H,5-6,8-9,25H2,(H,26,27,29). The summed E-state index contributed by atoms with van der Waals surface area (Å²) in [5.41, 5.74) is 6.79. The van der Waals surface area contributed by atoms with Crippen molar-refractivity contribution in [3.8, 4) is 11.4 Å². The van der Waals surface area contributed by atoms with E-state index in [1.165, 1.54) is 0 Å². The molecule has 2 heterocycles. The van der Waals surface area contributed by atoms with Crippen LogP contribution in [-0.4, -0.2) is 21.4 Å². The molecule has 1 aliphatic rings. The number of nitrogen functional groups attached to an aromatic ring is 1. The van der Waals surface area contributed by atoms with Crippen LogP contribution in [0.25, 0.3) is 11.4 Å². The van der Waals surface area contributed by atoms with E-state index in [0.29, 0.717) is 41.3 Å². The third-order valence-electron chi connectivity index (χ3n) is 4.92. The SMILES string of the molecule is Nc1ccc(-c2nc3c(c(=O)[nH]2)CN(Cc2c(F)c(F)cc(F)c2F)CC3)cc1. The van der Waals surface area contributed by atoms with Gasteiger partial charge in [0.2, 0.25) is 0 Å². The van der Waals surface area contributed by atoms with Gasteiger partial charge in [-0.2, -0.15) is 0 Å². The number of benzene rings is 2. The Morgan fingerprint density at radius 2 is 1.72 bits per heavy atom. The van der Waals surface area contributed by atoms with Crippen LogP contribution in [0.1, 0.15) is 16.8 Å². The minimum atomic E-state index is -1.45. The van der Waals surface area contributed by atoms with E-state index in [4.69, 9.17) is 5.73 Å². The molecule has 0 bridgehead atoms. The van der Waals surface area contributed by atoms with Crippen molar-refractivity contribution in [3.63, 3.8) is 0 Å². The van der Waals surface area contributed by atoms with Crippen molar-refractivity contribution >= 4 is 5.69 Å². The van der Waals surface area contributed by atoms with E-state index in [2.05, 4.69) is 9.97 Å². The second kappa shape index (κ2) is 7.32. The summed E-state index contributed by atoms with van der Waals surface area (Å²) in [5.74, 6) is -5.37. The van der Waals surface area contributed by atoms with Crippen LogP contribution in [0.2, 0.25) is 0 Å². The second-order valence-electron chi connectivity index (χ2n) is 6.87. The van der Waals surface area contributed by atoms with Gasteiger partial charge < -0.3 is 10.7 Å². The van der Waals surface area contributed by atoms with Crippen molar-refractivity contribution in [2.24, 2.45) is 0 Å². The molecule has 2 aromatic carbocycles. The number of rotatable bonds is 3. The summed E-state index contributed by atoms with van der Waals surface area (Å²) in [6.07, 6.45) is 0.349. The molecule has 3 N–H and O–H groups in total. The van der Waals surface area contributed by atoms with Gasteiger partial charge in [-0.25, -0.2) is 22.5 Å². The van der Waals surface area contributed by atoms with Gasteiger partial charge in [0.25, 0.3) is 5.56 Å². The molecule has 4 rings (SSSR count). The topological polar surface area (TPSA) is 75.0 Å². The summed E-state index contributed by atoms with van der Waals surface area (Å²) in [6.45, 7) is 0.00325. The lowest BCUT2D eigenvalue weighted by atomic mass is 10.0. The number of nitrogens with zero attached hydrogens (tertiary/aromatic N) is 2. The van der Waals surface area contributed by atoms with Crippen molar-refractivity contribution in [1.29, 1.82) is 0 Å². The molecule has 0 aliphatic carbocycles. The summed E-state index contributed by atoms with van der Waals surface area (Å²) >= 11 is 0. The maximum absolute atomic E-state index is 13.9. The Labute approximate surface area is 162 Å². The van der Waals surface area contributed by atoms with Crippen molar-refractivity contribution < 1.29 is 17.6 Å². The smallest absolute Gasteiger partial charge is 0.255 e. The number of hydrogen-bond acceptors (Lipinski definition) is 4. The van der Waals surface area contributed by atoms with Crippen LogP contribution in [0, 0.1) is 23.3 Å². The molecule has 29 heavy (non-hydrogen) atoms. The number of fused-ring (bicyclic) bond motifs is 1. The van der Waals surface area contributed by atoms with E-state index in [1.54, 1.807) is 29.2 Å². The lowest BCUT2D eigenvalue weighted by Crippen LogP contribution is -2.36. The molecule has 0 radical (unpaired) electrons. The molecule has 1 aromatic heterocycles. The van der Waals surface area contributed by atoms with Gasteiger partial charge in [-0.15, -0.1) is 0 Å². The molecule has 0 atom stereocenters. The fraction of sp³-hybridized carbons (Fsp3) is 0.200. The van der Waals surface area contributed by atoms with Gasteiger partial charge in [0.05, 0.1) is 11.3 Å². The first-order valence-electron chi connectivity index (χ1n) is 8.85. The maximum Gasteiger partial charge on any atom is 0.255 e. The number of nitrogens with one attached hydrogen (secondary N) is 1. The lowest BCUT2D eigenvalue weighted by Gasteiger charge is -2.28. The van der Waals surface area contributed by atoms with Crippen LogP contribution in [0.4, 0.5) is 23.2 Å². The molecule has 0 saturated carbocycles. The molecule has 150 valence electrons. The van der Waals surface area contributed by atoms with E-state index in [0.717, 1.165) is 0 Å². The monoisotopic (exact) mass is 404 g/mol. The number of hydrogen-bond donors (Lipinski definition) is 2. The molecule has 0 spiro atoms. The molecular weight excluding hydrogens is 388 g/mol. The minimum Gasteiger partial charge on any atom is -0.399 e. The zero-order valence-corrected chi connectivity index (χ0v) is 15.1. The van der Waals surface area contributed by atoms with E-state index < -0.39 is 28.8 Å². The number of anilines is 1. The molecule has 0 saturated heterocycles. The number of H-pyrrole nitrogens is 1. The summed E-state index contributed by atoms with van der Waals surface area (Å²) in [4.78, 5) is 21.3. The normalized spacial score (nSPS) is 14.1. The van der Waals surface area contributed by atoms with Crippen LogP contribution in [0.3, 0.4) is 0 Å². The van der Waals surface area contributed by atoms with E-state index >= 15 is 0 Å². The number of nitrogens with two attached hydrogens (primary N) is 1. The minimum absolute atomic E-state index is 0.0523. The molecule has 3 aromatic rings. The van der Waals surface area contributed by atoms with E-state index in [9.17, 15) is 22.4 Å². The van der Waals surface area contributed by atoms with Gasteiger partial charge in [0, 0.05) is 48.9 Å². The average molecular weight is 404 g/mol. The van der Waals surface area contributed by atoms with Gasteiger partial charge in [0.1, 0.15) is 5.82 Å². The van der Waals surface area contributed by atoms with E-state index in [1.807, 2.05) is 0 Å². The van der Waals surface area contributed by atoms with Crippen LogP contribution in [-0.2, 0) is 19.5 Å². The molecule has 0 fully saturated rings. The van der Waals surface area contributed by atoms with Gasteiger partial charge in [-0.3, -0.25) is 9.69 Å². The number of halogens is 4. The van der Waals surface area contributed by atoms with Crippen LogP contribution in [0.5, 0.6) is 0 Å². The molecule has 5 nitrogen and oxygen atoms in total. The predicted molar refractivity (Wildman–Crippen MR) is 98.8 cm³/mol. The Balaban J connectivity index is 1.62. The van der Waals surface area contributed by atoms with Gasteiger partial charge in [-0.1, -0.05) is 0 Å². The predicted octanol–water partition coefficient (Wildman–Crippen LogP) is 3.13. The quantitative estimate of drug-likeness (QED) is 0.400. The van der Waals surface area contributed by atoms with Crippen LogP contribution in [0.15, 0.2) is 35.1 Å². The number of aromatic amines is 1. The first kappa shape index (κ1) is 19.1.